The molecule has 2 unspecified atom stereocenters. The summed E-state index contributed by atoms with van der Waals surface area (Å²) in [5, 5.41) is 4.89. The predicted molar refractivity (Wildman–Crippen MR) is 36.7 cm³/mol. The van der Waals surface area contributed by atoms with Gasteiger partial charge in [-0.05, 0) is 12.8 Å². The maximum atomic E-state index is 2.44. The Balaban J connectivity index is 1.81. The maximum Gasteiger partial charge on any atom is 0.0787 e. The predicted octanol–water partition coefficient (Wildman–Crippen LogP) is 1.05. The minimum absolute atomic E-state index is 1.25. The van der Waals surface area contributed by atoms with Crippen molar-refractivity contribution in [2.75, 3.05) is 19.8 Å². The third-order valence-electron chi connectivity index (χ3n) is 2.22. The van der Waals surface area contributed by atoms with Gasteiger partial charge in [-0.15, -0.1) is 0 Å². The fourth-order valence-electron chi connectivity index (χ4n) is 1.53. The number of hydrazine groups is 1. The van der Waals surface area contributed by atoms with E-state index in [2.05, 4.69) is 10.0 Å². The zero-order valence-corrected chi connectivity index (χ0v) is 5.84. The average molecular weight is 126 g/mol. The lowest BCUT2D eigenvalue weighted by molar-refractivity contribution is 0.275. The number of hydrogen-bond acceptors (Lipinski definition) is 2. The zero-order valence-electron chi connectivity index (χ0n) is 5.84. The van der Waals surface area contributed by atoms with Gasteiger partial charge in [0.05, 0.1) is 6.67 Å². The molecule has 0 N–H and O–H groups in total. The molecule has 2 rings (SSSR count). The third-order valence-corrected chi connectivity index (χ3v) is 2.22. The van der Waals surface area contributed by atoms with Crippen LogP contribution in [0.1, 0.15) is 25.7 Å². The smallest absolute Gasteiger partial charge is 0.0787 e. The van der Waals surface area contributed by atoms with Crippen LogP contribution in [0.5, 0.6) is 0 Å². The van der Waals surface area contributed by atoms with Crippen LogP contribution >= 0.6 is 0 Å². The Kier molecular flexibility index (Phi) is 1.44. The molecule has 2 heteroatoms. The van der Waals surface area contributed by atoms with Crippen molar-refractivity contribution in [3.8, 4) is 0 Å². The van der Waals surface area contributed by atoms with Crippen LogP contribution in [0.25, 0.3) is 0 Å². The molecule has 2 nitrogen and oxygen atoms in total. The van der Waals surface area contributed by atoms with Crippen LogP contribution in [0.15, 0.2) is 0 Å². The summed E-state index contributed by atoms with van der Waals surface area (Å²) in [6, 6.07) is 0. The Morgan fingerprint density at radius 3 is 1.78 bits per heavy atom. The van der Waals surface area contributed by atoms with Crippen molar-refractivity contribution >= 4 is 0 Å². The van der Waals surface area contributed by atoms with E-state index in [-0.39, 0.29) is 0 Å². The number of fused-ring (bicyclic) bond motifs is 1. The van der Waals surface area contributed by atoms with Gasteiger partial charge in [0.1, 0.15) is 0 Å². The Labute approximate surface area is 56.4 Å². The van der Waals surface area contributed by atoms with E-state index < -0.39 is 0 Å². The Morgan fingerprint density at radius 2 is 1.22 bits per heavy atom. The van der Waals surface area contributed by atoms with Crippen LogP contribution in [0.4, 0.5) is 0 Å². The standard InChI is InChI=1S/C7H14N2/c1-2-4-6-9-7-8(9)5-3-1/h1-7H2. The fraction of sp³-hybridized carbons (Fsp3) is 1.00. The summed E-state index contributed by atoms with van der Waals surface area (Å²) in [7, 11) is 0. The van der Waals surface area contributed by atoms with Gasteiger partial charge >= 0.3 is 0 Å². The minimum atomic E-state index is 1.25. The van der Waals surface area contributed by atoms with Gasteiger partial charge < -0.3 is 0 Å². The average Bonchev–Trinajstić information content (AvgIpc) is 2.46. The SMILES string of the molecule is C1CCCN2CN2CC1. The molecule has 2 heterocycles. The highest BCUT2D eigenvalue weighted by Gasteiger charge is 2.29. The van der Waals surface area contributed by atoms with Gasteiger partial charge in [-0.1, -0.05) is 12.8 Å². The number of nitrogens with zero attached hydrogens (tertiary/aromatic N) is 2. The van der Waals surface area contributed by atoms with Gasteiger partial charge in [-0.3, -0.25) is 0 Å². The lowest BCUT2D eigenvalue weighted by atomic mass is 10.2. The van der Waals surface area contributed by atoms with Gasteiger partial charge in [0, 0.05) is 13.1 Å². The molecule has 2 fully saturated rings. The van der Waals surface area contributed by atoms with E-state index in [1.807, 2.05) is 0 Å². The molecule has 0 aromatic rings. The molecule has 0 aromatic heterocycles. The summed E-state index contributed by atoms with van der Waals surface area (Å²) < 4.78 is 0. The Hall–Kier alpha value is -0.0800. The normalized spacial score (nSPS) is 42.7. The van der Waals surface area contributed by atoms with Crippen LogP contribution in [0.2, 0.25) is 0 Å². The topological polar surface area (TPSA) is 6.02 Å². The Morgan fingerprint density at radius 1 is 0.667 bits per heavy atom. The van der Waals surface area contributed by atoms with Crippen molar-refractivity contribution in [2.45, 2.75) is 25.7 Å². The van der Waals surface area contributed by atoms with Crippen LogP contribution in [-0.4, -0.2) is 29.8 Å². The van der Waals surface area contributed by atoms with Gasteiger partial charge in [-0.2, -0.15) is 0 Å². The lowest BCUT2D eigenvalue weighted by Gasteiger charge is -2.08. The van der Waals surface area contributed by atoms with Crippen molar-refractivity contribution in [3.63, 3.8) is 0 Å². The van der Waals surface area contributed by atoms with E-state index in [9.17, 15) is 0 Å². The van der Waals surface area contributed by atoms with Crippen LogP contribution < -0.4 is 0 Å². The molecule has 9 heavy (non-hydrogen) atoms. The lowest BCUT2D eigenvalue weighted by Crippen LogP contribution is -2.12. The fourth-order valence-corrected chi connectivity index (χ4v) is 1.53. The number of hydrogen-bond donors (Lipinski definition) is 0. The van der Waals surface area contributed by atoms with Crippen molar-refractivity contribution in [1.82, 2.24) is 10.0 Å². The summed E-state index contributed by atoms with van der Waals surface area (Å²) in [5.74, 6) is 0. The van der Waals surface area contributed by atoms with Gasteiger partial charge in [0.2, 0.25) is 0 Å². The molecule has 52 valence electrons. The third kappa shape index (κ3) is 1.25. The molecule has 0 saturated carbocycles. The van der Waals surface area contributed by atoms with Crippen molar-refractivity contribution in [1.29, 1.82) is 0 Å². The summed E-state index contributed by atoms with van der Waals surface area (Å²) in [5.41, 5.74) is 0. The summed E-state index contributed by atoms with van der Waals surface area (Å²) in [6.45, 7) is 3.89. The van der Waals surface area contributed by atoms with Crippen molar-refractivity contribution < 1.29 is 0 Å². The first-order valence-corrected chi connectivity index (χ1v) is 3.96. The highest BCUT2D eigenvalue weighted by Crippen LogP contribution is 2.20. The molecule has 0 aliphatic carbocycles. The summed E-state index contributed by atoms with van der Waals surface area (Å²) in [6.07, 6.45) is 5.72. The first-order chi connectivity index (χ1) is 4.47. The molecular weight excluding hydrogens is 112 g/mol. The Bertz CT molecular complexity index is 91.1. The monoisotopic (exact) mass is 126 g/mol. The molecule has 0 spiro atoms. The van der Waals surface area contributed by atoms with Crippen LogP contribution in [0, 0.1) is 0 Å². The largest absolute Gasteiger partial charge is 0.225 e. The first kappa shape index (κ1) is 5.69. The van der Waals surface area contributed by atoms with E-state index in [1.54, 1.807) is 0 Å². The molecule has 2 saturated heterocycles. The summed E-state index contributed by atoms with van der Waals surface area (Å²) >= 11 is 0. The van der Waals surface area contributed by atoms with E-state index in [0.29, 0.717) is 0 Å². The second kappa shape index (κ2) is 2.27. The maximum absolute atomic E-state index is 2.44. The second-order valence-corrected chi connectivity index (χ2v) is 3.02. The van der Waals surface area contributed by atoms with E-state index in [4.69, 9.17) is 0 Å². The molecule has 0 bridgehead atoms. The molecule has 0 aromatic carbocycles. The molecule has 2 atom stereocenters. The molecule has 2 aliphatic rings. The zero-order chi connectivity index (χ0) is 6.10. The van der Waals surface area contributed by atoms with Crippen LogP contribution in [0.3, 0.4) is 0 Å². The van der Waals surface area contributed by atoms with Crippen molar-refractivity contribution in [3.05, 3.63) is 0 Å². The number of rotatable bonds is 0. The van der Waals surface area contributed by atoms with E-state index in [1.165, 1.54) is 45.4 Å². The van der Waals surface area contributed by atoms with Gasteiger partial charge in [0.15, 0.2) is 0 Å². The minimum Gasteiger partial charge on any atom is -0.225 e. The molecule has 0 radical (unpaired) electrons. The molecular formula is C7H14N2. The van der Waals surface area contributed by atoms with Crippen LogP contribution in [-0.2, 0) is 0 Å². The van der Waals surface area contributed by atoms with E-state index in [0.717, 1.165) is 0 Å². The molecule has 0 amide bonds. The second-order valence-electron chi connectivity index (χ2n) is 3.02. The highest BCUT2D eigenvalue weighted by molar-refractivity contribution is 4.70. The van der Waals surface area contributed by atoms with Gasteiger partial charge in [0.25, 0.3) is 0 Å². The van der Waals surface area contributed by atoms with Gasteiger partial charge in [-0.25, -0.2) is 10.0 Å². The summed E-state index contributed by atoms with van der Waals surface area (Å²) in [4.78, 5) is 0. The first-order valence-electron chi connectivity index (χ1n) is 3.96. The quantitative estimate of drug-likeness (QED) is 0.447. The van der Waals surface area contributed by atoms with E-state index >= 15 is 0 Å². The molecule has 2 aliphatic heterocycles. The van der Waals surface area contributed by atoms with Crippen molar-refractivity contribution in [2.24, 2.45) is 0 Å². The highest BCUT2D eigenvalue weighted by atomic mass is 15.8.